The molecule has 16 unspecified atom stereocenters. The number of H-pyrrole nitrogens is 2. The lowest BCUT2D eigenvalue weighted by molar-refractivity contribution is -0.303. The summed E-state index contributed by atoms with van der Waals surface area (Å²) in [6.07, 6.45) is 24.4. The molecule has 2 spiro atoms. The molecule has 1 aromatic carbocycles. The van der Waals surface area contributed by atoms with Crippen LogP contribution in [0.15, 0.2) is 47.9 Å². The van der Waals surface area contributed by atoms with Crippen molar-refractivity contribution >= 4 is 28.4 Å². The number of carbonyl (C=O) groups is 3. The zero-order chi connectivity index (χ0) is 63.5. The number of epoxide rings is 1. The van der Waals surface area contributed by atoms with Gasteiger partial charge in [0.2, 0.25) is 0 Å². The van der Waals surface area contributed by atoms with Crippen LogP contribution in [0.25, 0.3) is 11.0 Å². The molecule has 12 aliphatic rings. The monoisotopic (exact) mass is 1240 g/mol. The van der Waals surface area contributed by atoms with Crippen molar-refractivity contribution in [3.05, 3.63) is 92.6 Å². The molecule has 9 aliphatic carbocycles. The predicted octanol–water partition coefficient (Wildman–Crippen LogP) is 14.3. The fraction of sp³-hybridized carbons (Fsp3) is 0.734. The zero-order valence-electron chi connectivity index (χ0n) is 56.8. The van der Waals surface area contributed by atoms with Crippen molar-refractivity contribution in [1.29, 1.82) is 0 Å². The third-order valence-electron chi connectivity index (χ3n) is 29.8. The fourth-order valence-electron chi connectivity index (χ4n) is 26.0. The molecule has 16 rings (SSSR count). The number of hydrogen-bond donors (Lipinski definition) is 6. The molecule has 12 heteroatoms. The van der Waals surface area contributed by atoms with Gasteiger partial charge in [0.25, 0.3) is 0 Å². The lowest BCUT2D eigenvalue weighted by atomic mass is 9.24. The molecule has 492 valence electrons. The zero-order valence-corrected chi connectivity index (χ0v) is 56.8. The minimum absolute atomic E-state index is 0.0105. The summed E-state index contributed by atoms with van der Waals surface area (Å²) in [4.78, 5) is 57.0. The van der Waals surface area contributed by atoms with Crippen LogP contribution in [0, 0.1) is 67.5 Å². The standard InChI is InChI=1S/C79H108N4O8/c1-44(2)18-19-46-34-51-52(35-49(45-16-12-11-13-17-45)36-55(51)79(89)28-32-90-33-29-79)58(65(46)86)53-41-83-42-54-59-61(72(5,38-57(85)69-71(3,4)91-69)25-20-48-40-82-63(53)64(48)83)56(84)39-74(59,7)75(8)43-77(23-14-15-24-77)70-73(6,27-31-80-10)68(88)60-50-22-30-81-62(50)47-21-26-78(60,37-47)76(70,9)67(75)66(54)87/h22,30,35-36,40-41,44-47,54,57-58,60,66-67,69-70,80-82,85,87,89H,11-21,23-29,31-34,37-39,42-43H2,1-10H3. The Balaban J connectivity index is 0.928. The summed E-state index contributed by atoms with van der Waals surface area (Å²) in [5, 5.41) is 44.4. The topological polar surface area (TPSA) is 182 Å². The Morgan fingerprint density at radius 3 is 2.33 bits per heavy atom. The number of fused-ring (bicyclic) bond motifs is 10. The summed E-state index contributed by atoms with van der Waals surface area (Å²) in [5.74, 6) is 0.0247. The molecular formula is C79H108N4O8. The third kappa shape index (κ3) is 8.41. The minimum atomic E-state index is -1.07. The molecule has 91 heavy (non-hydrogen) atoms. The van der Waals surface area contributed by atoms with Crippen LogP contribution >= 0.6 is 0 Å². The number of nitrogens with one attached hydrogen (secondary N) is 3. The first-order valence-corrected chi connectivity index (χ1v) is 36.7. The van der Waals surface area contributed by atoms with Crippen LogP contribution in [0.1, 0.15) is 265 Å². The van der Waals surface area contributed by atoms with Gasteiger partial charge >= 0.3 is 0 Å². The number of ether oxygens (including phenoxy) is 2. The summed E-state index contributed by atoms with van der Waals surface area (Å²) >= 11 is 0. The second-order valence-corrected chi connectivity index (χ2v) is 35.3. The Labute approximate surface area is 541 Å². The van der Waals surface area contributed by atoms with E-state index in [1.165, 1.54) is 36.1 Å². The smallest absolute Gasteiger partial charge is 0.160 e. The van der Waals surface area contributed by atoms with Gasteiger partial charge in [-0.3, -0.25) is 14.4 Å². The molecule has 0 radical (unpaired) electrons. The molecule has 0 amide bonds. The van der Waals surface area contributed by atoms with Crippen molar-refractivity contribution in [2.24, 2.45) is 67.5 Å². The van der Waals surface area contributed by atoms with E-state index in [1.54, 1.807) is 0 Å². The van der Waals surface area contributed by atoms with Gasteiger partial charge in [-0.2, -0.15) is 0 Å². The Morgan fingerprint density at radius 2 is 1.62 bits per heavy atom. The predicted molar refractivity (Wildman–Crippen MR) is 354 cm³/mol. The molecule has 12 nitrogen and oxygen atoms in total. The minimum Gasteiger partial charge on any atom is -0.392 e. The number of hydrogen-bond acceptors (Lipinski definition) is 9. The van der Waals surface area contributed by atoms with Gasteiger partial charge in [-0.1, -0.05) is 99.1 Å². The number of aryl methyl sites for hydroxylation is 1. The maximum atomic E-state index is 16.7. The van der Waals surface area contributed by atoms with Crippen LogP contribution in [-0.2, 0) is 48.8 Å². The molecule has 16 atom stereocenters. The second-order valence-electron chi connectivity index (χ2n) is 35.3. The summed E-state index contributed by atoms with van der Waals surface area (Å²) in [5.41, 5.74) is 7.63. The Kier molecular flexibility index (Phi) is 14.2. The number of nitrogens with zero attached hydrogens (tertiary/aromatic N) is 1. The maximum Gasteiger partial charge on any atom is 0.160 e. The van der Waals surface area contributed by atoms with Crippen LogP contribution < -0.4 is 5.32 Å². The van der Waals surface area contributed by atoms with Crippen LogP contribution in [0.3, 0.4) is 0 Å². The van der Waals surface area contributed by atoms with Crippen LogP contribution in [0.4, 0.5) is 0 Å². The van der Waals surface area contributed by atoms with E-state index >= 15 is 19.5 Å². The van der Waals surface area contributed by atoms with Crippen molar-refractivity contribution in [1.82, 2.24) is 19.9 Å². The van der Waals surface area contributed by atoms with Crippen LogP contribution in [-0.4, -0.2) is 97.9 Å². The third-order valence-corrected chi connectivity index (χ3v) is 29.8. The van der Waals surface area contributed by atoms with E-state index in [0.29, 0.717) is 88.2 Å². The normalized spacial score (nSPS) is 40.5. The Bertz CT molecular complexity index is 3660. The molecule has 3 aromatic heterocycles. The molecule has 4 aromatic rings. The number of benzene rings is 1. The average Bonchev–Trinajstić information content (AvgIpc) is 1.63. The number of carbonyl (C=O) groups excluding carboxylic acids is 3. The molecule has 2 bridgehead atoms. The van der Waals surface area contributed by atoms with Gasteiger partial charge in [0.05, 0.1) is 46.3 Å². The lowest BCUT2D eigenvalue weighted by Gasteiger charge is -2.79. The number of ketones is 3. The number of aliphatic hydroxyl groups is 3. The van der Waals surface area contributed by atoms with Gasteiger partial charge in [0.1, 0.15) is 17.7 Å². The quantitative estimate of drug-likeness (QED) is 0.0752. The van der Waals surface area contributed by atoms with E-state index in [4.69, 9.17) is 9.47 Å². The second kappa shape index (κ2) is 20.9. The maximum absolute atomic E-state index is 16.7. The first kappa shape index (κ1) is 61.7. The number of aliphatic hydroxyl groups excluding tert-OH is 2. The van der Waals surface area contributed by atoms with Crippen molar-refractivity contribution in [2.75, 3.05) is 26.8 Å². The molecule has 8 fully saturated rings. The van der Waals surface area contributed by atoms with Gasteiger partial charge in [-0.25, -0.2) is 0 Å². The lowest BCUT2D eigenvalue weighted by Crippen LogP contribution is -2.77. The highest BCUT2D eigenvalue weighted by molar-refractivity contribution is 6.02. The fourth-order valence-corrected chi connectivity index (χ4v) is 26.0. The van der Waals surface area contributed by atoms with Crippen molar-refractivity contribution in [3.63, 3.8) is 0 Å². The first-order valence-electron chi connectivity index (χ1n) is 36.7. The molecule has 3 aliphatic heterocycles. The van der Waals surface area contributed by atoms with Gasteiger partial charge in [-0.05, 0) is 219 Å². The summed E-state index contributed by atoms with van der Waals surface area (Å²) in [6.45, 7) is 23.0. The molecule has 6 N–H and O–H groups in total. The number of rotatable bonds is 12. The molecular weight excluding hydrogens is 1130 g/mol. The average molecular weight is 1240 g/mol. The van der Waals surface area contributed by atoms with Gasteiger partial charge < -0.3 is 44.6 Å². The molecule has 6 heterocycles. The highest BCUT2D eigenvalue weighted by Gasteiger charge is 2.84. The van der Waals surface area contributed by atoms with E-state index in [1.807, 2.05) is 7.05 Å². The van der Waals surface area contributed by atoms with E-state index in [9.17, 15) is 10.2 Å². The van der Waals surface area contributed by atoms with Gasteiger partial charge in [-0.15, -0.1) is 0 Å². The molecule has 6 saturated carbocycles. The van der Waals surface area contributed by atoms with E-state index in [2.05, 4.69) is 119 Å². The van der Waals surface area contributed by atoms with Gasteiger partial charge in [0.15, 0.2) is 5.78 Å². The summed E-state index contributed by atoms with van der Waals surface area (Å²) < 4.78 is 14.7. The SMILES string of the molecule is CNCCC1(C)C(=O)C2c3cc[nH]c3C3CCC2(C3)C2(C)C1C1(CCCC1)CC1(C)C2C(O)C2Cn3cc(C4C(=O)C(CCC(C)C)Cc5c4cc(C4CCCCC4)cc5C4(O)CCOCC4)c4[nH]cc(c43)CCC(C)(CC(O)C3OC3(C)C)C3=C2C1(C)CC3=O. The number of allylic oxidation sites excluding steroid dienone is 1. The summed E-state index contributed by atoms with van der Waals surface area (Å²) in [6, 6.07) is 7.04. The van der Waals surface area contributed by atoms with Crippen molar-refractivity contribution < 1.29 is 39.2 Å². The number of aromatic nitrogens is 3. The van der Waals surface area contributed by atoms with Crippen LogP contribution in [0.5, 0.6) is 0 Å². The van der Waals surface area contributed by atoms with E-state index < -0.39 is 67.7 Å². The van der Waals surface area contributed by atoms with Crippen LogP contribution in [0.2, 0.25) is 0 Å². The first-order chi connectivity index (χ1) is 43.3. The van der Waals surface area contributed by atoms with Crippen molar-refractivity contribution in [3.8, 4) is 0 Å². The van der Waals surface area contributed by atoms with E-state index in [-0.39, 0.29) is 46.8 Å². The highest BCUT2D eigenvalue weighted by atomic mass is 16.6. The Morgan fingerprint density at radius 1 is 0.868 bits per heavy atom. The number of Topliss-reactive ketones (excluding diaryl/α,β-unsaturated/α-hetero) is 3. The number of aromatic amines is 2. The largest absolute Gasteiger partial charge is 0.392 e. The summed E-state index contributed by atoms with van der Waals surface area (Å²) in [7, 11) is 2.03. The Hall–Kier alpha value is -4.17. The van der Waals surface area contributed by atoms with Crippen molar-refractivity contribution in [2.45, 2.75) is 270 Å². The van der Waals surface area contributed by atoms with E-state index in [0.717, 1.165) is 140 Å². The molecule has 2 saturated heterocycles. The van der Waals surface area contributed by atoms with Gasteiger partial charge in [0, 0.05) is 97.1 Å². The highest BCUT2D eigenvalue weighted by Crippen LogP contribution is 2.87.